The van der Waals surface area contributed by atoms with Gasteiger partial charge in [-0.3, -0.25) is 9.69 Å². The second kappa shape index (κ2) is 5.43. The summed E-state index contributed by atoms with van der Waals surface area (Å²) < 4.78 is 0. The first kappa shape index (κ1) is 13.3. The van der Waals surface area contributed by atoms with Gasteiger partial charge in [0.25, 0.3) is 5.91 Å². The van der Waals surface area contributed by atoms with Crippen molar-refractivity contribution in [2.45, 2.75) is 31.8 Å². The molecule has 1 N–H and O–H groups in total. The highest BCUT2D eigenvalue weighted by Gasteiger charge is 2.32. The molecule has 2 fully saturated rings. The van der Waals surface area contributed by atoms with Gasteiger partial charge in [0.1, 0.15) is 0 Å². The van der Waals surface area contributed by atoms with E-state index in [2.05, 4.69) is 22.3 Å². The molecule has 4 heteroatoms. The van der Waals surface area contributed by atoms with Gasteiger partial charge in [-0.1, -0.05) is 6.07 Å². The van der Waals surface area contributed by atoms with Crippen LogP contribution in [0.5, 0.6) is 0 Å². The second-order valence-corrected chi connectivity index (χ2v) is 6.47. The number of carbonyl (C=O) groups is 1. The van der Waals surface area contributed by atoms with Crippen LogP contribution in [0.3, 0.4) is 0 Å². The molecule has 0 bridgehead atoms. The molecule has 1 saturated heterocycles. The molecule has 112 valence electrons. The molecule has 0 unspecified atom stereocenters. The quantitative estimate of drug-likeness (QED) is 0.888. The van der Waals surface area contributed by atoms with Crippen molar-refractivity contribution in [3.05, 3.63) is 34.9 Å². The van der Waals surface area contributed by atoms with E-state index < -0.39 is 0 Å². The highest BCUT2D eigenvalue weighted by Crippen LogP contribution is 2.27. The molecule has 1 saturated carbocycles. The van der Waals surface area contributed by atoms with Gasteiger partial charge in [-0.05, 0) is 49.1 Å². The van der Waals surface area contributed by atoms with Gasteiger partial charge in [-0.15, -0.1) is 0 Å². The number of rotatable bonds is 2. The molecule has 1 aliphatic carbocycles. The minimum atomic E-state index is 0.207. The molecular formula is C17H23N3O. The van der Waals surface area contributed by atoms with Gasteiger partial charge in [-0.2, -0.15) is 0 Å². The topological polar surface area (TPSA) is 35.6 Å². The van der Waals surface area contributed by atoms with Crippen LogP contribution < -0.4 is 5.32 Å². The smallest absolute Gasteiger partial charge is 0.253 e. The third-order valence-electron chi connectivity index (χ3n) is 5.00. The van der Waals surface area contributed by atoms with Gasteiger partial charge in [0, 0.05) is 44.3 Å². The van der Waals surface area contributed by atoms with Crippen LogP contribution in [0.25, 0.3) is 0 Å². The summed E-state index contributed by atoms with van der Waals surface area (Å²) >= 11 is 0. The monoisotopic (exact) mass is 285 g/mol. The zero-order chi connectivity index (χ0) is 14.2. The first-order chi connectivity index (χ1) is 10.3. The van der Waals surface area contributed by atoms with E-state index in [4.69, 9.17) is 0 Å². The summed E-state index contributed by atoms with van der Waals surface area (Å²) in [6.45, 7) is 5.79. The fourth-order valence-electron chi connectivity index (χ4n) is 3.53. The van der Waals surface area contributed by atoms with Crippen LogP contribution in [0.2, 0.25) is 0 Å². The molecule has 1 amide bonds. The summed E-state index contributed by atoms with van der Waals surface area (Å²) in [7, 11) is 0. The Hall–Kier alpha value is -1.39. The van der Waals surface area contributed by atoms with E-state index in [0.29, 0.717) is 0 Å². The van der Waals surface area contributed by atoms with Gasteiger partial charge in [0.05, 0.1) is 0 Å². The highest BCUT2D eigenvalue weighted by molar-refractivity contribution is 5.94. The van der Waals surface area contributed by atoms with Gasteiger partial charge in [-0.25, -0.2) is 0 Å². The fourth-order valence-corrected chi connectivity index (χ4v) is 3.53. The Labute approximate surface area is 126 Å². The SMILES string of the molecule is O=C(c1ccc2c(c1)CNCC2)N1CCN(C2CC2)CC1. The molecule has 4 rings (SSSR count). The Morgan fingerprint density at radius 1 is 1.10 bits per heavy atom. The largest absolute Gasteiger partial charge is 0.336 e. The predicted molar refractivity (Wildman–Crippen MR) is 82.4 cm³/mol. The average Bonchev–Trinajstić information content (AvgIpc) is 3.39. The number of piperazine rings is 1. The Morgan fingerprint density at radius 3 is 2.67 bits per heavy atom. The standard InChI is InChI=1S/C17H23N3O/c21-17(20-9-7-19(8-10-20)16-3-4-16)14-2-1-13-5-6-18-12-15(13)11-14/h1-2,11,16,18H,3-10,12H2. The molecule has 21 heavy (non-hydrogen) atoms. The third kappa shape index (κ3) is 2.70. The lowest BCUT2D eigenvalue weighted by Gasteiger charge is -2.35. The maximum atomic E-state index is 12.7. The number of nitrogens with zero attached hydrogens (tertiary/aromatic N) is 2. The van der Waals surface area contributed by atoms with E-state index in [0.717, 1.165) is 57.3 Å². The summed E-state index contributed by atoms with van der Waals surface area (Å²) in [4.78, 5) is 17.2. The number of nitrogens with one attached hydrogen (secondary N) is 1. The normalized spacial score (nSPS) is 23.0. The van der Waals surface area contributed by atoms with E-state index in [-0.39, 0.29) is 5.91 Å². The molecule has 0 aromatic heterocycles. The lowest BCUT2D eigenvalue weighted by molar-refractivity contribution is 0.0627. The maximum absolute atomic E-state index is 12.7. The number of hydrogen-bond acceptors (Lipinski definition) is 3. The van der Waals surface area contributed by atoms with Crippen LogP contribution in [0.1, 0.15) is 34.3 Å². The number of carbonyl (C=O) groups excluding carboxylic acids is 1. The Morgan fingerprint density at radius 2 is 1.90 bits per heavy atom. The molecule has 3 aliphatic rings. The van der Waals surface area contributed by atoms with Crippen LogP contribution in [-0.4, -0.2) is 54.5 Å². The van der Waals surface area contributed by atoms with E-state index in [1.54, 1.807) is 0 Å². The highest BCUT2D eigenvalue weighted by atomic mass is 16.2. The molecule has 2 heterocycles. The van der Waals surface area contributed by atoms with Gasteiger partial charge in [0.15, 0.2) is 0 Å². The minimum Gasteiger partial charge on any atom is -0.336 e. The molecule has 0 spiro atoms. The minimum absolute atomic E-state index is 0.207. The molecule has 0 radical (unpaired) electrons. The van der Waals surface area contributed by atoms with E-state index in [1.165, 1.54) is 24.0 Å². The van der Waals surface area contributed by atoms with Crippen molar-refractivity contribution in [3.63, 3.8) is 0 Å². The predicted octanol–water partition coefficient (Wildman–Crippen LogP) is 1.25. The van der Waals surface area contributed by atoms with E-state index >= 15 is 0 Å². The summed E-state index contributed by atoms with van der Waals surface area (Å²) in [6, 6.07) is 7.07. The first-order valence-corrected chi connectivity index (χ1v) is 8.17. The van der Waals surface area contributed by atoms with Crippen LogP contribution in [-0.2, 0) is 13.0 Å². The van der Waals surface area contributed by atoms with Crippen molar-refractivity contribution in [1.29, 1.82) is 0 Å². The fraction of sp³-hybridized carbons (Fsp3) is 0.588. The molecule has 2 aliphatic heterocycles. The Kier molecular flexibility index (Phi) is 3.43. The van der Waals surface area contributed by atoms with E-state index in [9.17, 15) is 4.79 Å². The Bertz CT molecular complexity index is 545. The van der Waals surface area contributed by atoms with Gasteiger partial charge >= 0.3 is 0 Å². The summed E-state index contributed by atoms with van der Waals surface area (Å²) in [6.07, 6.45) is 3.78. The van der Waals surface area contributed by atoms with Crippen LogP contribution in [0, 0.1) is 0 Å². The van der Waals surface area contributed by atoms with Crippen molar-refractivity contribution >= 4 is 5.91 Å². The van der Waals surface area contributed by atoms with Gasteiger partial charge in [0.2, 0.25) is 0 Å². The van der Waals surface area contributed by atoms with Crippen LogP contribution >= 0.6 is 0 Å². The number of amides is 1. The number of fused-ring (bicyclic) bond motifs is 1. The molecule has 1 aromatic rings. The van der Waals surface area contributed by atoms with Crippen LogP contribution in [0.4, 0.5) is 0 Å². The van der Waals surface area contributed by atoms with Crippen molar-refractivity contribution in [1.82, 2.24) is 15.1 Å². The lowest BCUT2D eigenvalue weighted by Crippen LogP contribution is -2.49. The molecule has 4 nitrogen and oxygen atoms in total. The van der Waals surface area contributed by atoms with Crippen molar-refractivity contribution in [2.75, 3.05) is 32.7 Å². The maximum Gasteiger partial charge on any atom is 0.253 e. The van der Waals surface area contributed by atoms with Crippen molar-refractivity contribution in [2.24, 2.45) is 0 Å². The zero-order valence-electron chi connectivity index (χ0n) is 12.5. The third-order valence-corrected chi connectivity index (χ3v) is 5.00. The number of benzene rings is 1. The molecule has 1 aromatic carbocycles. The van der Waals surface area contributed by atoms with Crippen LogP contribution in [0.15, 0.2) is 18.2 Å². The van der Waals surface area contributed by atoms with Crippen molar-refractivity contribution < 1.29 is 4.79 Å². The second-order valence-electron chi connectivity index (χ2n) is 6.47. The summed E-state index contributed by atoms with van der Waals surface area (Å²) in [5.74, 6) is 0.207. The molecule has 0 atom stereocenters. The zero-order valence-corrected chi connectivity index (χ0v) is 12.5. The van der Waals surface area contributed by atoms with Gasteiger partial charge < -0.3 is 10.2 Å². The van der Waals surface area contributed by atoms with E-state index in [1.807, 2.05) is 11.0 Å². The van der Waals surface area contributed by atoms with Crippen molar-refractivity contribution in [3.8, 4) is 0 Å². The average molecular weight is 285 g/mol. The lowest BCUT2D eigenvalue weighted by atomic mass is 9.98. The summed E-state index contributed by atoms with van der Waals surface area (Å²) in [5, 5.41) is 3.38. The molecular weight excluding hydrogens is 262 g/mol. The number of hydrogen-bond donors (Lipinski definition) is 1. The first-order valence-electron chi connectivity index (χ1n) is 8.17. The Balaban J connectivity index is 1.44. The summed E-state index contributed by atoms with van der Waals surface area (Å²) in [5.41, 5.74) is 3.55.